The van der Waals surface area contributed by atoms with E-state index in [0.717, 1.165) is 32.2 Å². The van der Waals surface area contributed by atoms with E-state index in [4.69, 9.17) is 0 Å². The third-order valence-corrected chi connectivity index (χ3v) is 5.00. The van der Waals surface area contributed by atoms with E-state index in [1.807, 2.05) is 11.9 Å². The van der Waals surface area contributed by atoms with Crippen molar-refractivity contribution >= 4 is 5.91 Å². The van der Waals surface area contributed by atoms with Crippen molar-refractivity contribution in [1.82, 2.24) is 9.80 Å². The Morgan fingerprint density at radius 1 is 1.32 bits per heavy atom. The SMILES string of the molecule is CN(CC1(CO)CCC1)C(=O)[C@H]1CCCCCN1C. The van der Waals surface area contributed by atoms with Crippen LogP contribution >= 0.6 is 0 Å². The van der Waals surface area contributed by atoms with Gasteiger partial charge in [0.25, 0.3) is 0 Å². The van der Waals surface area contributed by atoms with Crippen molar-refractivity contribution in [2.75, 3.05) is 33.8 Å². The molecule has 0 spiro atoms. The molecule has 0 unspecified atom stereocenters. The zero-order valence-electron chi connectivity index (χ0n) is 12.4. The van der Waals surface area contributed by atoms with Gasteiger partial charge in [-0.05, 0) is 39.3 Å². The molecule has 1 saturated carbocycles. The summed E-state index contributed by atoms with van der Waals surface area (Å²) in [6.07, 6.45) is 7.86. The number of carbonyl (C=O) groups excluding carboxylic acids is 1. The van der Waals surface area contributed by atoms with Gasteiger partial charge in [-0.25, -0.2) is 0 Å². The van der Waals surface area contributed by atoms with Gasteiger partial charge < -0.3 is 10.0 Å². The molecule has 4 nitrogen and oxygen atoms in total. The van der Waals surface area contributed by atoms with Gasteiger partial charge in [-0.1, -0.05) is 19.3 Å². The van der Waals surface area contributed by atoms with Crippen LogP contribution in [0.4, 0.5) is 0 Å². The molecule has 1 heterocycles. The molecular formula is C15H28N2O2. The molecule has 0 bridgehead atoms. The van der Waals surface area contributed by atoms with Crippen LogP contribution in [0.15, 0.2) is 0 Å². The van der Waals surface area contributed by atoms with Gasteiger partial charge in [-0.15, -0.1) is 0 Å². The van der Waals surface area contributed by atoms with E-state index in [2.05, 4.69) is 11.9 Å². The lowest BCUT2D eigenvalue weighted by atomic mass is 9.69. The van der Waals surface area contributed by atoms with Crippen LogP contribution in [0.25, 0.3) is 0 Å². The number of hydrogen-bond acceptors (Lipinski definition) is 3. The van der Waals surface area contributed by atoms with E-state index in [-0.39, 0.29) is 24.0 Å². The molecule has 110 valence electrons. The van der Waals surface area contributed by atoms with Crippen molar-refractivity contribution in [2.24, 2.45) is 5.41 Å². The molecule has 1 saturated heterocycles. The van der Waals surface area contributed by atoms with E-state index >= 15 is 0 Å². The summed E-state index contributed by atoms with van der Waals surface area (Å²) in [4.78, 5) is 16.7. The Morgan fingerprint density at radius 3 is 2.63 bits per heavy atom. The van der Waals surface area contributed by atoms with Crippen LogP contribution in [0.5, 0.6) is 0 Å². The first-order valence-corrected chi connectivity index (χ1v) is 7.64. The van der Waals surface area contributed by atoms with E-state index in [1.165, 1.54) is 19.3 Å². The molecule has 0 aromatic carbocycles. The Bertz CT molecular complexity index is 310. The maximum absolute atomic E-state index is 12.6. The fourth-order valence-electron chi connectivity index (χ4n) is 3.44. The maximum Gasteiger partial charge on any atom is 0.239 e. The minimum atomic E-state index is -0.00624. The van der Waals surface area contributed by atoms with Crippen molar-refractivity contribution < 1.29 is 9.90 Å². The number of amides is 1. The first-order chi connectivity index (χ1) is 9.08. The summed E-state index contributed by atoms with van der Waals surface area (Å²) in [7, 11) is 3.96. The van der Waals surface area contributed by atoms with Crippen LogP contribution in [-0.2, 0) is 4.79 Å². The van der Waals surface area contributed by atoms with Crippen LogP contribution in [0.2, 0.25) is 0 Å². The zero-order valence-corrected chi connectivity index (χ0v) is 12.4. The van der Waals surface area contributed by atoms with Gasteiger partial charge in [0.15, 0.2) is 0 Å². The predicted molar refractivity (Wildman–Crippen MR) is 75.9 cm³/mol. The van der Waals surface area contributed by atoms with Crippen molar-refractivity contribution in [2.45, 2.75) is 51.0 Å². The van der Waals surface area contributed by atoms with Crippen molar-refractivity contribution in [3.05, 3.63) is 0 Å². The lowest BCUT2D eigenvalue weighted by Gasteiger charge is -2.43. The molecule has 2 rings (SSSR count). The van der Waals surface area contributed by atoms with Gasteiger partial charge in [-0.2, -0.15) is 0 Å². The molecule has 1 aliphatic carbocycles. The first-order valence-electron chi connectivity index (χ1n) is 7.64. The molecule has 1 N–H and O–H groups in total. The van der Waals surface area contributed by atoms with Crippen LogP contribution in [-0.4, -0.2) is 60.6 Å². The second-order valence-corrected chi connectivity index (χ2v) is 6.55. The fourth-order valence-corrected chi connectivity index (χ4v) is 3.44. The van der Waals surface area contributed by atoms with Crippen molar-refractivity contribution in [3.8, 4) is 0 Å². The van der Waals surface area contributed by atoms with E-state index in [1.54, 1.807) is 0 Å². The topological polar surface area (TPSA) is 43.8 Å². The Labute approximate surface area is 116 Å². The number of aliphatic hydroxyl groups is 1. The second-order valence-electron chi connectivity index (χ2n) is 6.55. The van der Waals surface area contributed by atoms with Gasteiger partial charge in [0, 0.05) is 19.0 Å². The van der Waals surface area contributed by atoms with Crippen LogP contribution in [0.3, 0.4) is 0 Å². The van der Waals surface area contributed by atoms with Gasteiger partial charge >= 0.3 is 0 Å². The largest absolute Gasteiger partial charge is 0.396 e. The van der Waals surface area contributed by atoms with Gasteiger partial charge in [0.05, 0.1) is 12.6 Å². The number of likely N-dealkylation sites (N-methyl/N-ethyl adjacent to an activating group) is 2. The van der Waals surface area contributed by atoms with Crippen LogP contribution < -0.4 is 0 Å². The molecule has 2 fully saturated rings. The smallest absolute Gasteiger partial charge is 0.239 e. The van der Waals surface area contributed by atoms with E-state index < -0.39 is 0 Å². The normalized spacial score (nSPS) is 27.4. The Balaban J connectivity index is 1.93. The second kappa shape index (κ2) is 6.23. The first kappa shape index (κ1) is 14.8. The Kier molecular flexibility index (Phi) is 4.85. The highest BCUT2D eigenvalue weighted by Gasteiger charge is 2.39. The molecule has 2 aliphatic rings. The summed E-state index contributed by atoms with van der Waals surface area (Å²) >= 11 is 0. The molecule has 19 heavy (non-hydrogen) atoms. The summed E-state index contributed by atoms with van der Waals surface area (Å²) in [6.45, 7) is 1.95. The number of carbonyl (C=O) groups is 1. The molecule has 4 heteroatoms. The molecule has 0 aromatic rings. The van der Waals surface area contributed by atoms with Crippen LogP contribution in [0, 0.1) is 5.41 Å². The highest BCUT2D eigenvalue weighted by Crippen LogP contribution is 2.41. The number of nitrogens with zero attached hydrogens (tertiary/aromatic N) is 2. The highest BCUT2D eigenvalue weighted by molar-refractivity contribution is 5.81. The van der Waals surface area contributed by atoms with Crippen LogP contribution in [0.1, 0.15) is 44.9 Å². The molecule has 1 aliphatic heterocycles. The lowest BCUT2D eigenvalue weighted by Crippen LogP contribution is -2.51. The molecular weight excluding hydrogens is 240 g/mol. The standard InChI is InChI=1S/C15H28N2O2/c1-16-10-5-3-4-7-13(16)14(19)17(2)11-15(12-18)8-6-9-15/h13,18H,3-12H2,1-2H3/t13-/m1/s1. The number of likely N-dealkylation sites (tertiary alicyclic amines) is 1. The summed E-state index contributed by atoms with van der Waals surface area (Å²) < 4.78 is 0. The van der Waals surface area contributed by atoms with Gasteiger partial charge in [0.2, 0.25) is 5.91 Å². The van der Waals surface area contributed by atoms with Crippen molar-refractivity contribution in [3.63, 3.8) is 0 Å². The predicted octanol–water partition coefficient (Wildman–Crippen LogP) is 1.48. The average Bonchev–Trinajstić information content (AvgIpc) is 2.57. The Morgan fingerprint density at radius 2 is 2.05 bits per heavy atom. The summed E-state index contributed by atoms with van der Waals surface area (Å²) in [5.41, 5.74) is -0.00624. The zero-order chi connectivity index (χ0) is 13.9. The molecule has 1 amide bonds. The van der Waals surface area contributed by atoms with Gasteiger partial charge in [-0.3, -0.25) is 9.69 Å². The number of rotatable bonds is 4. The van der Waals surface area contributed by atoms with E-state index in [0.29, 0.717) is 6.54 Å². The molecule has 0 aromatic heterocycles. The number of aliphatic hydroxyl groups excluding tert-OH is 1. The summed E-state index contributed by atoms with van der Waals surface area (Å²) in [6, 6.07) is 0.0447. The average molecular weight is 268 g/mol. The van der Waals surface area contributed by atoms with E-state index in [9.17, 15) is 9.90 Å². The third-order valence-electron chi connectivity index (χ3n) is 5.00. The van der Waals surface area contributed by atoms with Crippen molar-refractivity contribution in [1.29, 1.82) is 0 Å². The lowest BCUT2D eigenvalue weighted by molar-refractivity contribution is -0.138. The minimum Gasteiger partial charge on any atom is -0.396 e. The summed E-state index contributed by atoms with van der Waals surface area (Å²) in [5.74, 6) is 0.240. The minimum absolute atomic E-state index is 0.00624. The monoisotopic (exact) mass is 268 g/mol. The third kappa shape index (κ3) is 3.29. The number of hydrogen-bond donors (Lipinski definition) is 1. The van der Waals surface area contributed by atoms with Gasteiger partial charge in [0.1, 0.15) is 0 Å². The highest BCUT2D eigenvalue weighted by atomic mass is 16.3. The summed E-state index contributed by atoms with van der Waals surface area (Å²) in [5, 5.41) is 9.53. The maximum atomic E-state index is 12.6. The fraction of sp³-hybridized carbons (Fsp3) is 0.933. The Hall–Kier alpha value is -0.610. The molecule has 1 atom stereocenters. The molecule has 0 radical (unpaired) electrons. The quantitative estimate of drug-likeness (QED) is 0.840.